The topological polar surface area (TPSA) is 124 Å². The molecule has 5 atom stereocenters. The van der Waals surface area contributed by atoms with Crippen LogP contribution in [0.4, 0.5) is 8.78 Å². The molecule has 6 rings (SSSR count). The third-order valence-corrected chi connectivity index (χ3v) is 9.69. The molecule has 2 aromatic heterocycles. The first-order chi connectivity index (χ1) is 18.2. The molecule has 39 heavy (non-hydrogen) atoms. The number of oxazole rings is 1. The van der Waals surface area contributed by atoms with E-state index in [2.05, 4.69) is 30.7 Å². The number of rotatable bonds is 5. The summed E-state index contributed by atoms with van der Waals surface area (Å²) in [5.41, 5.74) is 14.3. The molecule has 0 aliphatic heterocycles. The Hall–Kier alpha value is -3.59. The molecule has 3 aliphatic carbocycles. The highest BCUT2D eigenvalue weighted by Crippen LogP contribution is 2.90. The van der Waals surface area contributed by atoms with Crippen molar-refractivity contribution in [3.63, 3.8) is 0 Å². The van der Waals surface area contributed by atoms with Gasteiger partial charge < -0.3 is 21.0 Å². The van der Waals surface area contributed by atoms with Gasteiger partial charge in [0, 0.05) is 17.6 Å². The normalized spacial score (nSPS) is 31.9. The predicted octanol–water partition coefficient (Wildman–Crippen LogP) is 5.17. The van der Waals surface area contributed by atoms with Crippen LogP contribution >= 0.6 is 0 Å². The van der Waals surface area contributed by atoms with Crippen LogP contribution in [-0.4, -0.2) is 20.1 Å². The van der Waals surface area contributed by atoms with Gasteiger partial charge in [-0.05, 0) is 73.1 Å². The standard InChI is InChI=1S/C30H33F2N5O2/c1-15-10-28(4)26-29(28,5)14-30(26,24(34)16(15)9-19(33)23-17(31)7-6-8-18(23)32)21-12-35-11-20(36-21)25-37-22(13-39-25)27(2,3)38/h6-9,11-13,15,26,38H,10,14,33-34H2,1-5H3/b19-9-/t15-,26-,28?,29?,30?/m0/s1. The minimum absolute atomic E-state index is 0.000661. The Labute approximate surface area is 226 Å². The second kappa shape index (κ2) is 7.97. The van der Waals surface area contributed by atoms with E-state index >= 15 is 0 Å². The molecule has 0 radical (unpaired) electrons. The maximum absolute atomic E-state index is 14.6. The summed E-state index contributed by atoms with van der Waals surface area (Å²) in [7, 11) is 0. The number of halogens is 2. The van der Waals surface area contributed by atoms with E-state index in [1.165, 1.54) is 24.5 Å². The minimum Gasteiger partial charge on any atom is -0.443 e. The number of hydrogen-bond donors (Lipinski definition) is 3. The Balaban J connectivity index is 1.50. The molecule has 1 aromatic carbocycles. The van der Waals surface area contributed by atoms with Gasteiger partial charge in [-0.25, -0.2) is 18.7 Å². The van der Waals surface area contributed by atoms with Gasteiger partial charge in [-0.3, -0.25) is 4.98 Å². The summed E-state index contributed by atoms with van der Waals surface area (Å²) in [5, 5.41) is 10.3. The Morgan fingerprint density at radius 3 is 2.49 bits per heavy atom. The van der Waals surface area contributed by atoms with Crippen molar-refractivity contribution in [1.82, 2.24) is 15.0 Å². The summed E-state index contributed by atoms with van der Waals surface area (Å²) >= 11 is 0. The molecular weight excluding hydrogens is 500 g/mol. The Morgan fingerprint density at radius 1 is 1.15 bits per heavy atom. The first kappa shape index (κ1) is 25.7. The van der Waals surface area contributed by atoms with Crippen LogP contribution in [0.5, 0.6) is 0 Å². The van der Waals surface area contributed by atoms with Gasteiger partial charge in [0.1, 0.15) is 34.9 Å². The predicted molar refractivity (Wildman–Crippen MR) is 142 cm³/mol. The number of fused-ring (bicyclic) bond motifs is 1. The Morgan fingerprint density at radius 2 is 1.85 bits per heavy atom. The summed E-state index contributed by atoms with van der Waals surface area (Å²) in [6.45, 7) is 9.92. The number of benzene rings is 1. The summed E-state index contributed by atoms with van der Waals surface area (Å²) in [6, 6.07) is 3.69. The molecule has 5 N–H and O–H groups in total. The molecule has 0 bridgehead atoms. The molecule has 9 heteroatoms. The molecule has 0 amide bonds. The highest BCUT2D eigenvalue weighted by Gasteiger charge is 2.87. The largest absolute Gasteiger partial charge is 0.443 e. The van der Waals surface area contributed by atoms with Crippen LogP contribution in [0.15, 0.2) is 58.6 Å². The van der Waals surface area contributed by atoms with E-state index in [0.717, 1.165) is 18.4 Å². The molecular formula is C30H33F2N5O2. The highest BCUT2D eigenvalue weighted by atomic mass is 19.1. The maximum Gasteiger partial charge on any atom is 0.247 e. The van der Waals surface area contributed by atoms with Crippen molar-refractivity contribution in [2.24, 2.45) is 34.1 Å². The van der Waals surface area contributed by atoms with Crippen molar-refractivity contribution in [1.29, 1.82) is 0 Å². The minimum atomic E-state index is -1.17. The first-order valence-electron chi connectivity index (χ1n) is 13.2. The van der Waals surface area contributed by atoms with Crippen LogP contribution in [0.1, 0.15) is 64.4 Å². The summed E-state index contributed by atoms with van der Waals surface area (Å²) < 4.78 is 34.8. The van der Waals surface area contributed by atoms with E-state index in [1.54, 1.807) is 32.3 Å². The van der Waals surface area contributed by atoms with E-state index in [9.17, 15) is 13.9 Å². The first-order valence-corrected chi connectivity index (χ1v) is 13.2. The number of aliphatic hydroxyl groups is 1. The van der Waals surface area contributed by atoms with Gasteiger partial charge in [0.2, 0.25) is 5.89 Å². The third-order valence-electron chi connectivity index (χ3n) is 9.69. The second-order valence-electron chi connectivity index (χ2n) is 12.5. The van der Waals surface area contributed by atoms with Crippen molar-refractivity contribution in [2.45, 2.75) is 58.5 Å². The number of aromatic nitrogens is 3. The van der Waals surface area contributed by atoms with Crippen LogP contribution in [0, 0.1) is 34.3 Å². The summed E-state index contributed by atoms with van der Waals surface area (Å²) in [4.78, 5) is 13.8. The molecule has 2 saturated carbocycles. The maximum atomic E-state index is 14.6. The summed E-state index contributed by atoms with van der Waals surface area (Å²) in [6.07, 6.45) is 7.97. The lowest BCUT2D eigenvalue weighted by molar-refractivity contribution is 0.0738. The molecule has 3 aromatic rings. The van der Waals surface area contributed by atoms with Crippen molar-refractivity contribution >= 4 is 5.70 Å². The molecule has 2 heterocycles. The van der Waals surface area contributed by atoms with Crippen LogP contribution in [-0.2, 0) is 11.0 Å². The van der Waals surface area contributed by atoms with Crippen LogP contribution < -0.4 is 11.5 Å². The van der Waals surface area contributed by atoms with Crippen molar-refractivity contribution in [3.8, 4) is 11.6 Å². The van der Waals surface area contributed by atoms with Gasteiger partial charge in [0.05, 0.1) is 22.9 Å². The lowest BCUT2D eigenvalue weighted by Crippen LogP contribution is -2.48. The molecule has 3 unspecified atom stereocenters. The molecule has 2 fully saturated rings. The van der Waals surface area contributed by atoms with E-state index < -0.39 is 22.7 Å². The van der Waals surface area contributed by atoms with Gasteiger partial charge in [-0.15, -0.1) is 0 Å². The van der Waals surface area contributed by atoms with Gasteiger partial charge in [-0.1, -0.05) is 26.8 Å². The number of nitrogens with two attached hydrogens (primary N) is 2. The van der Waals surface area contributed by atoms with E-state index in [1.807, 2.05) is 0 Å². The highest BCUT2D eigenvalue weighted by molar-refractivity contribution is 5.68. The van der Waals surface area contributed by atoms with E-state index in [0.29, 0.717) is 22.8 Å². The van der Waals surface area contributed by atoms with Crippen molar-refractivity contribution in [3.05, 3.63) is 82.8 Å². The summed E-state index contributed by atoms with van der Waals surface area (Å²) in [5.74, 6) is -0.965. The van der Waals surface area contributed by atoms with E-state index in [-0.39, 0.29) is 39.8 Å². The van der Waals surface area contributed by atoms with Crippen molar-refractivity contribution < 1.29 is 18.3 Å². The number of allylic oxidation sites excluding steroid dienone is 3. The number of nitrogens with zero attached hydrogens (tertiary/aromatic N) is 3. The lowest BCUT2D eigenvalue weighted by atomic mass is 9.58. The Kier molecular flexibility index (Phi) is 5.25. The van der Waals surface area contributed by atoms with Gasteiger partial charge >= 0.3 is 0 Å². The van der Waals surface area contributed by atoms with Crippen LogP contribution in [0.2, 0.25) is 0 Å². The fraction of sp³-hybridized carbons (Fsp3) is 0.433. The third kappa shape index (κ3) is 3.38. The average molecular weight is 534 g/mol. The van der Waals surface area contributed by atoms with E-state index in [4.69, 9.17) is 20.9 Å². The SMILES string of the molecule is C[C@H]1CC2(C)[C@@H]3C(c4cncc(-c5nc(C(C)(C)O)co5)n4)(CC32C)C(N)=C1/C=C(\N)c1c(F)cccc1F. The monoisotopic (exact) mass is 533 g/mol. The average Bonchev–Trinajstić information content (AvgIpc) is 3.18. The zero-order valence-corrected chi connectivity index (χ0v) is 22.7. The van der Waals surface area contributed by atoms with Gasteiger partial charge in [0.25, 0.3) is 0 Å². The zero-order valence-electron chi connectivity index (χ0n) is 22.7. The number of hydrogen-bond acceptors (Lipinski definition) is 7. The molecule has 3 aliphatic rings. The smallest absolute Gasteiger partial charge is 0.247 e. The zero-order chi connectivity index (χ0) is 28.1. The van der Waals surface area contributed by atoms with Gasteiger partial charge in [-0.2, -0.15) is 0 Å². The lowest BCUT2D eigenvalue weighted by Gasteiger charge is -2.47. The Bertz CT molecular complexity index is 1550. The molecule has 0 saturated heterocycles. The van der Waals surface area contributed by atoms with Crippen molar-refractivity contribution in [2.75, 3.05) is 0 Å². The molecule has 7 nitrogen and oxygen atoms in total. The molecule has 204 valence electrons. The quantitative estimate of drug-likeness (QED) is 0.413. The fourth-order valence-corrected chi connectivity index (χ4v) is 7.73. The molecule has 0 spiro atoms. The van der Waals surface area contributed by atoms with Gasteiger partial charge in [0.15, 0.2) is 0 Å². The van der Waals surface area contributed by atoms with Crippen LogP contribution in [0.25, 0.3) is 17.3 Å². The van der Waals surface area contributed by atoms with Crippen LogP contribution in [0.3, 0.4) is 0 Å². The second-order valence-corrected chi connectivity index (χ2v) is 12.5. The fourth-order valence-electron chi connectivity index (χ4n) is 7.73.